The lowest BCUT2D eigenvalue weighted by molar-refractivity contribution is -0.129. The van der Waals surface area contributed by atoms with Crippen LogP contribution >= 0.6 is 0 Å². The third-order valence-electron chi connectivity index (χ3n) is 5.48. The maximum Gasteiger partial charge on any atom is 0.266 e. The molecular weight excluding hydrogens is 354 g/mol. The molecule has 2 N–H and O–H groups in total. The normalized spacial score (nSPS) is 20.8. The van der Waals surface area contributed by atoms with Crippen molar-refractivity contribution in [3.05, 3.63) is 77.7 Å². The molecule has 0 saturated heterocycles. The van der Waals surface area contributed by atoms with Crippen LogP contribution in [0.5, 0.6) is 5.75 Å². The first-order chi connectivity index (χ1) is 13.6. The Labute approximate surface area is 162 Å². The minimum Gasteiger partial charge on any atom is -0.493 e. The Hall–Kier alpha value is -3.54. The van der Waals surface area contributed by atoms with Crippen molar-refractivity contribution >= 4 is 11.9 Å². The number of nitrogens with two attached hydrogens (primary N) is 1. The molecule has 2 aromatic carbocycles. The van der Waals surface area contributed by atoms with Crippen LogP contribution in [0.25, 0.3) is 11.1 Å². The van der Waals surface area contributed by atoms with E-state index in [1.165, 1.54) is 4.90 Å². The number of fused-ring (bicyclic) bond motifs is 1. The van der Waals surface area contributed by atoms with Crippen LogP contribution in [0.1, 0.15) is 16.7 Å². The molecule has 3 heterocycles. The number of aliphatic imine (C=N–C) groups is 1. The smallest absolute Gasteiger partial charge is 0.266 e. The molecule has 0 fully saturated rings. The van der Waals surface area contributed by atoms with E-state index >= 15 is 0 Å². The fourth-order valence-electron chi connectivity index (χ4n) is 3.95. The molecule has 2 aliphatic rings. The van der Waals surface area contributed by atoms with Gasteiger partial charge in [0.05, 0.1) is 19.1 Å². The van der Waals surface area contributed by atoms with Gasteiger partial charge in [0, 0.05) is 19.0 Å². The highest BCUT2D eigenvalue weighted by Gasteiger charge is 2.49. The number of guanidine groups is 1. The molecule has 1 unspecified atom stereocenters. The highest BCUT2D eigenvalue weighted by molar-refractivity contribution is 6.09. The molecule has 28 heavy (non-hydrogen) atoms. The Morgan fingerprint density at radius 3 is 2.71 bits per heavy atom. The van der Waals surface area contributed by atoms with Crippen LogP contribution in [0.15, 0.2) is 70.5 Å². The zero-order valence-corrected chi connectivity index (χ0v) is 15.4. The SMILES string of the molecule is CN1C(=O)C(c2cccc(-c3ccoc3)c2)(c2ccc3c(c2)CCO3)N=C1N. The van der Waals surface area contributed by atoms with Crippen LogP contribution in [-0.4, -0.2) is 30.4 Å². The van der Waals surface area contributed by atoms with E-state index < -0.39 is 5.54 Å². The Balaban J connectivity index is 1.73. The predicted octanol–water partition coefficient (Wildman–Crippen LogP) is 2.91. The lowest BCUT2D eigenvalue weighted by Gasteiger charge is -2.27. The van der Waals surface area contributed by atoms with Gasteiger partial charge in [-0.3, -0.25) is 9.69 Å². The van der Waals surface area contributed by atoms with Crippen molar-refractivity contribution in [1.82, 2.24) is 4.90 Å². The fraction of sp³-hybridized carbons (Fsp3) is 0.182. The van der Waals surface area contributed by atoms with Gasteiger partial charge in [0.1, 0.15) is 5.75 Å². The van der Waals surface area contributed by atoms with Gasteiger partial charge in [-0.05, 0) is 46.5 Å². The second kappa shape index (κ2) is 5.99. The molecule has 140 valence electrons. The van der Waals surface area contributed by atoms with Crippen molar-refractivity contribution in [2.75, 3.05) is 13.7 Å². The van der Waals surface area contributed by atoms with Crippen molar-refractivity contribution in [2.45, 2.75) is 12.0 Å². The minimum atomic E-state index is -1.21. The van der Waals surface area contributed by atoms with E-state index in [9.17, 15) is 4.79 Å². The second-order valence-electron chi connectivity index (χ2n) is 7.06. The molecular formula is C22H19N3O3. The summed E-state index contributed by atoms with van der Waals surface area (Å²) in [7, 11) is 1.65. The molecule has 1 amide bonds. The van der Waals surface area contributed by atoms with Gasteiger partial charge in [-0.2, -0.15) is 0 Å². The Bertz CT molecular complexity index is 1100. The van der Waals surface area contributed by atoms with E-state index in [2.05, 4.69) is 4.99 Å². The predicted molar refractivity (Wildman–Crippen MR) is 105 cm³/mol. The zero-order chi connectivity index (χ0) is 19.3. The van der Waals surface area contributed by atoms with Crippen molar-refractivity contribution < 1.29 is 13.9 Å². The van der Waals surface area contributed by atoms with E-state index in [0.29, 0.717) is 6.61 Å². The standard InChI is InChI=1S/C22H19N3O3/c1-25-20(26)22(24-21(25)23,18-5-6-19-15(12-18)8-10-28-19)17-4-2-3-14(11-17)16-7-9-27-13-16/h2-7,9,11-13H,8,10H2,1H3,(H2,23,24). The second-order valence-corrected chi connectivity index (χ2v) is 7.06. The van der Waals surface area contributed by atoms with Crippen LogP contribution in [0.2, 0.25) is 0 Å². The molecule has 6 heteroatoms. The molecule has 6 nitrogen and oxygen atoms in total. The Kier molecular flexibility index (Phi) is 3.55. The molecule has 5 rings (SSSR count). The lowest BCUT2D eigenvalue weighted by atomic mass is 9.81. The van der Waals surface area contributed by atoms with Crippen LogP contribution < -0.4 is 10.5 Å². The number of hydrogen-bond donors (Lipinski definition) is 1. The summed E-state index contributed by atoms with van der Waals surface area (Å²) < 4.78 is 10.8. The van der Waals surface area contributed by atoms with Gasteiger partial charge in [-0.15, -0.1) is 0 Å². The van der Waals surface area contributed by atoms with Gasteiger partial charge >= 0.3 is 0 Å². The zero-order valence-electron chi connectivity index (χ0n) is 15.4. The average Bonchev–Trinajstić information content (AvgIpc) is 3.45. The summed E-state index contributed by atoms with van der Waals surface area (Å²) in [6, 6.07) is 15.5. The number of benzene rings is 2. The number of likely N-dealkylation sites (N-methyl/N-ethyl adjacent to an activating group) is 1. The van der Waals surface area contributed by atoms with Gasteiger partial charge in [0.25, 0.3) is 5.91 Å². The fourth-order valence-corrected chi connectivity index (χ4v) is 3.95. The summed E-state index contributed by atoms with van der Waals surface area (Å²) in [5, 5.41) is 0. The number of rotatable bonds is 3. The molecule has 1 atom stereocenters. The largest absolute Gasteiger partial charge is 0.493 e. The van der Waals surface area contributed by atoms with E-state index in [1.807, 2.05) is 48.5 Å². The van der Waals surface area contributed by atoms with E-state index in [0.717, 1.165) is 40.0 Å². The maximum atomic E-state index is 13.4. The molecule has 0 bridgehead atoms. The van der Waals surface area contributed by atoms with E-state index in [4.69, 9.17) is 14.9 Å². The van der Waals surface area contributed by atoms with Gasteiger partial charge in [-0.1, -0.05) is 24.3 Å². The quantitative estimate of drug-likeness (QED) is 0.765. The monoisotopic (exact) mass is 373 g/mol. The molecule has 1 aromatic heterocycles. The summed E-state index contributed by atoms with van der Waals surface area (Å²) in [6.07, 6.45) is 4.12. The number of carbonyl (C=O) groups excluding carboxylic acids is 1. The molecule has 0 saturated carbocycles. The van der Waals surface area contributed by atoms with Crippen LogP contribution in [-0.2, 0) is 16.8 Å². The van der Waals surface area contributed by atoms with Crippen LogP contribution in [0.4, 0.5) is 0 Å². The number of ether oxygens (including phenoxy) is 1. The maximum absolute atomic E-state index is 13.4. The van der Waals surface area contributed by atoms with Crippen molar-refractivity contribution in [3.63, 3.8) is 0 Å². The van der Waals surface area contributed by atoms with Crippen molar-refractivity contribution in [1.29, 1.82) is 0 Å². The number of amides is 1. The number of hydrogen-bond acceptors (Lipinski definition) is 5. The third kappa shape index (κ3) is 2.27. The van der Waals surface area contributed by atoms with Crippen LogP contribution in [0.3, 0.4) is 0 Å². The number of carbonyl (C=O) groups is 1. The summed E-state index contributed by atoms with van der Waals surface area (Å²) in [5.41, 5.74) is 9.40. The molecule has 0 spiro atoms. The van der Waals surface area contributed by atoms with E-state index in [1.54, 1.807) is 19.6 Å². The van der Waals surface area contributed by atoms with Crippen molar-refractivity contribution in [3.8, 4) is 16.9 Å². The van der Waals surface area contributed by atoms with Gasteiger partial charge in [0.2, 0.25) is 0 Å². The first kappa shape index (κ1) is 16.6. The third-order valence-corrected chi connectivity index (χ3v) is 5.48. The first-order valence-corrected chi connectivity index (χ1v) is 9.12. The summed E-state index contributed by atoms with van der Waals surface area (Å²) in [5.74, 6) is 0.894. The lowest BCUT2D eigenvalue weighted by Crippen LogP contribution is -2.41. The first-order valence-electron chi connectivity index (χ1n) is 9.12. The highest BCUT2D eigenvalue weighted by atomic mass is 16.5. The molecule has 0 aliphatic carbocycles. The molecule has 2 aliphatic heterocycles. The minimum absolute atomic E-state index is 0.173. The van der Waals surface area contributed by atoms with Gasteiger partial charge < -0.3 is 14.9 Å². The summed E-state index contributed by atoms with van der Waals surface area (Å²) in [6.45, 7) is 0.654. The average molecular weight is 373 g/mol. The highest BCUT2D eigenvalue weighted by Crippen LogP contribution is 2.42. The van der Waals surface area contributed by atoms with E-state index in [-0.39, 0.29) is 11.9 Å². The van der Waals surface area contributed by atoms with Crippen molar-refractivity contribution in [2.24, 2.45) is 10.7 Å². The Morgan fingerprint density at radius 2 is 1.96 bits per heavy atom. The molecule has 3 aromatic rings. The summed E-state index contributed by atoms with van der Waals surface area (Å²) in [4.78, 5) is 19.5. The van der Waals surface area contributed by atoms with Gasteiger partial charge in [0.15, 0.2) is 11.5 Å². The van der Waals surface area contributed by atoms with Crippen LogP contribution in [0, 0.1) is 0 Å². The number of furan rings is 1. The molecule has 0 radical (unpaired) electrons. The Morgan fingerprint density at radius 1 is 1.11 bits per heavy atom. The number of nitrogens with zero attached hydrogens (tertiary/aromatic N) is 2. The van der Waals surface area contributed by atoms with Gasteiger partial charge in [-0.25, -0.2) is 4.99 Å². The topological polar surface area (TPSA) is 81.1 Å². The summed E-state index contributed by atoms with van der Waals surface area (Å²) >= 11 is 0.